The molecular weight excluding hydrogens is 313 g/mol. The zero-order valence-corrected chi connectivity index (χ0v) is 14.0. The molecule has 1 heterocycles. The van der Waals surface area contributed by atoms with Crippen molar-refractivity contribution in [3.8, 4) is 0 Å². The van der Waals surface area contributed by atoms with Crippen LogP contribution in [0, 0.1) is 11.2 Å². The predicted octanol–water partition coefficient (Wildman–Crippen LogP) is 2.49. The van der Waals surface area contributed by atoms with Crippen molar-refractivity contribution < 1.29 is 23.8 Å². The second-order valence-corrected chi connectivity index (χ2v) is 6.40. The molecule has 132 valence electrons. The highest BCUT2D eigenvalue weighted by molar-refractivity contribution is 5.81. The van der Waals surface area contributed by atoms with E-state index in [9.17, 15) is 19.1 Å². The van der Waals surface area contributed by atoms with Crippen molar-refractivity contribution in [2.75, 3.05) is 26.8 Å². The molecule has 6 heteroatoms. The summed E-state index contributed by atoms with van der Waals surface area (Å²) in [6, 6.07) is 5.82. The first kappa shape index (κ1) is 18.4. The van der Waals surface area contributed by atoms with E-state index in [0.717, 1.165) is 5.56 Å². The Hall–Kier alpha value is -1.95. The fourth-order valence-electron chi connectivity index (χ4n) is 3.27. The Balaban J connectivity index is 2.02. The van der Waals surface area contributed by atoms with E-state index in [-0.39, 0.29) is 24.7 Å². The number of amides is 1. The molecule has 0 aliphatic carbocycles. The van der Waals surface area contributed by atoms with Crippen LogP contribution >= 0.6 is 0 Å². The molecule has 1 unspecified atom stereocenters. The quantitative estimate of drug-likeness (QED) is 0.776. The molecular formula is C18H24FNO4. The van der Waals surface area contributed by atoms with Gasteiger partial charge in [0.1, 0.15) is 5.82 Å². The fourth-order valence-corrected chi connectivity index (χ4v) is 3.27. The van der Waals surface area contributed by atoms with Crippen LogP contribution in [-0.4, -0.2) is 48.7 Å². The molecule has 1 atom stereocenters. The molecule has 24 heavy (non-hydrogen) atoms. The Morgan fingerprint density at radius 2 is 2.04 bits per heavy atom. The van der Waals surface area contributed by atoms with Crippen LogP contribution in [0.15, 0.2) is 24.3 Å². The predicted molar refractivity (Wildman–Crippen MR) is 87.1 cm³/mol. The lowest BCUT2D eigenvalue weighted by Gasteiger charge is -2.40. The van der Waals surface area contributed by atoms with E-state index in [1.165, 1.54) is 12.1 Å². The molecule has 2 rings (SSSR count). The number of hydrogen-bond acceptors (Lipinski definition) is 3. The smallest absolute Gasteiger partial charge is 0.311 e. The lowest BCUT2D eigenvalue weighted by molar-refractivity contribution is -0.155. The third-order valence-corrected chi connectivity index (χ3v) is 4.66. The van der Waals surface area contributed by atoms with Gasteiger partial charge in [-0.2, -0.15) is 0 Å². The molecule has 1 amide bonds. The van der Waals surface area contributed by atoms with E-state index in [4.69, 9.17) is 4.74 Å². The third-order valence-electron chi connectivity index (χ3n) is 4.66. The number of rotatable bonds is 7. The van der Waals surface area contributed by atoms with E-state index < -0.39 is 11.4 Å². The standard InChI is InChI=1S/C18H24FNO4/c1-24-11-3-9-18(17(22)23)8-2-10-20(13-18)16(21)12-14-4-6-15(19)7-5-14/h4-7H,2-3,8-13H2,1H3,(H,22,23). The molecule has 1 aromatic carbocycles. The van der Waals surface area contributed by atoms with Gasteiger partial charge in [0.2, 0.25) is 5.91 Å². The molecule has 0 bridgehead atoms. The first-order valence-electron chi connectivity index (χ1n) is 8.21. The molecule has 0 radical (unpaired) electrons. The van der Waals surface area contributed by atoms with Crippen molar-refractivity contribution in [2.24, 2.45) is 5.41 Å². The van der Waals surface area contributed by atoms with Crippen LogP contribution in [0.5, 0.6) is 0 Å². The average molecular weight is 337 g/mol. The summed E-state index contributed by atoms with van der Waals surface area (Å²) >= 11 is 0. The van der Waals surface area contributed by atoms with Gasteiger partial charge in [0.25, 0.3) is 0 Å². The summed E-state index contributed by atoms with van der Waals surface area (Å²) in [5.74, 6) is -1.30. The molecule has 5 nitrogen and oxygen atoms in total. The number of benzene rings is 1. The van der Waals surface area contributed by atoms with Gasteiger partial charge in [-0.3, -0.25) is 9.59 Å². The molecule has 1 fully saturated rings. The third kappa shape index (κ3) is 4.54. The zero-order chi connectivity index (χ0) is 17.6. The maximum Gasteiger partial charge on any atom is 0.311 e. The number of carbonyl (C=O) groups is 2. The van der Waals surface area contributed by atoms with Crippen LogP contribution in [0.2, 0.25) is 0 Å². The number of likely N-dealkylation sites (tertiary alicyclic amines) is 1. The van der Waals surface area contributed by atoms with E-state index in [1.54, 1.807) is 24.1 Å². The van der Waals surface area contributed by atoms with E-state index in [1.807, 2.05) is 0 Å². The van der Waals surface area contributed by atoms with Crippen molar-refractivity contribution in [3.63, 3.8) is 0 Å². The second kappa shape index (κ2) is 8.24. The van der Waals surface area contributed by atoms with E-state index in [2.05, 4.69) is 0 Å². The highest BCUT2D eigenvalue weighted by atomic mass is 19.1. The second-order valence-electron chi connectivity index (χ2n) is 6.40. The van der Waals surface area contributed by atoms with Gasteiger partial charge >= 0.3 is 5.97 Å². The highest BCUT2D eigenvalue weighted by Gasteiger charge is 2.42. The van der Waals surface area contributed by atoms with Crippen LogP contribution in [0.4, 0.5) is 4.39 Å². The number of ether oxygens (including phenoxy) is 1. The summed E-state index contributed by atoms with van der Waals surface area (Å²) in [6.45, 7) is 1.31. The van der Waals surface area contributed by atoms with Gasteiger partial charge in [0.15, 0.2) is 0 Å². The molecule has 1 aromatic rings. The molecule has 0 aromatic heterocycles. The maximum atomic E-state index is 12.9. The van der Waals surface area contributed by atoms with Gasteiger partial charge < -0.3 is 14.7 Å². The fraction of sp³-hybridized carbons (Fsp3) is 0.556. The van der Waals surface area contributed by atoms with Gasteiger partial charge in [0.05, 0.1) is 11.8 Å². The van der Waals surface area contributed by atoms with Gasteiger partial charge in [-0.25, -0.2) is 4.39 Å². The number of methoxy groups -OCH3 is 1. The highest BCUT2D eigenvalue weighted by Crippen LogP contribution is 2.35. The number of carboxylic acid groups (broad SMARTS) is 1. The topological polar surface area (TPSA) is 66.8 Å². The van der Waals surface area contributed by atoms with Crippen LogP contribution < -0.4 is 0 Å². The number of piperidine rings is 1. The first-order chi connectivity index (χ1) is 11.5. The summed E-state index contributed by atoms with van der Waals surface area (Å²) in [4.78, 5) is 26.0. The zero-order valence-electron chi connectivity index (χ0n) is 14.0. The van der Waals surface area contributed by atoms with Crippen LogP contribution in [-0.2, 0) is 20.7 Å². The molecule has 1 aliphatic rings. The van der Waals surface area contributed by atoms with Crippen molar-refractivity contribution in [2.45, 2.75) is 32.1 Å². The van der Waals surface area contributed by atoms with Crippen LogP contribution in [0.3, 0.4) is 0 Å². The minimum Gasteiger partial charge on any atom is -0.481 e. The van der Waals surface area contributed by atoms with E-state index >= 15 is 0 Å². The lowest BCUT2D eigenvalue weighted by Crippen LogP contribution is -2.50. The Kier molecular flexibility index (Phi) is 6.31. The van der Waals surface area contributed by atoms with E-state index in [0.29, 0.717) is 38.8 Å². The average Bonchev–Trinajstić information content (AvgIpc) is 2.57. The van der Waals surface area contributed by atoms with Crippen molar-refractivity contribution in [1.29, 1.82) is 0 Å². The first-order valence-corrected chi connectivity index (χ1v) is 8.21. The number of carbonyl (C=O) groups excluding carboxylic acids is 1. The summed E-state index contributed by atoms with van der Waals surface area (Å²) < 4.78 is 18.0. The Labute approximate surface area is 141 Å². The number of nitrogens with zero attached hydrogens (tertiary/aromatic N) is 1. The van der Waals surface area contributed by atoms with Crippen molar-refractivity contribution >= 4 is 11.9 Å². The maximum absolute atomic E-state index is 12.9. The number of halogens is 1. The molecule has 1 saturated heterocycles. The summed E-state index contributed by atoms with van der Waals surface area (Å²) in [5.41, 5.74) is -0.165. The number of hydrogen-bond donors (Lipinski definition) is 1. The molecule has 0 spiro atoms. The monoisotopic (exact) mass is 337 g/mol. The van der Waals surface area contributed by atoms with Gasteiger partial charge in [-0.05, 0) is 43.4 Å². The van der Waals surface area contributed by atoms with Crippen LogP contribution in [0.1, 0.15) is 31.2 Å². The minimum absolute atomic E-state index is 0.112. The number of carboxylic acids is 1. The lowest BCUT2D eigenvalue weighted by atomic mass is 9.76. The molecule has 1 aliphatic heterocycles. The molecule has 0 saturated carbocycles. The normalized spacial score (nSPS) is 20.8. The largest absolute Gasteiger partial charge is 0.481 e. The van der Waals surface area contributed by atoms with Crippen LogP contribution in [0.25, 0.3) is 0 Å². The Morgan fingerprint density at radius 3 is 2.67 bits per heavy atom. The Morgan fingerprint density at radius 1 is 1.33 bits per heavy atom. The van der Waals surface area contributed by atoms with Gasteiger partial charge in [-0.1, -0.05) is 12.1 Å². The SMILES string of the molecule is COCCCC1(C(=O)O)CCCN(C(=O)Cc2ccc(F)cc2)C1. The Bertz CT molecular complexity index is 575. The molecule has 1 N–H and O–H groups in total. The van der Waals surface area contributed by atoms with Crippen molar-refractivity contribution in [3.05, 3.63) is 35.6 Å². The summed E-state index contributed by atoms with van der Waals surface area (Å²) in [7, 11) is 1.59. The summed E-state index contributed by atoms with van der Waals surface area (Å²) in [5, 5.41) is 9.69. The van der Waals surface area contributed by atoms with Gasteiger partial charge in [0, 0.05) is 26.8 Å². The van der Waals surface area contributed by atoms with Gasteiger partial charge in [-0.15, -0.1) is 0 Å². The van der Waals surface area contributed by atoms with Crippen molar-refractivity contribution in [1.82, 2.24) is 4.90 Å². The summed E-state index contributed by atoms with van der Waals surface area (Å²) in [6.07, 6.45) is 2.56. The minimum atomic E-state index is -0.894. The number of aliphatic carboxylic acids is 1.